The van der Waals surface area contributed by atoms with E-state index in [9.17, 15) is 14.7 Å². The van der Waals surface area contributed by atoms with Crippen LogP contribution in [0.1, 0.15) is 22.9 Å². The molecule has 1 fully saturated rings. The summed E-state index contributed by atoms with van der Waals surface area (Å²) in [7, 11) is 5.35. The molecule has 0 spiro atoms. The molecule has 1 aliphatic rings. The highest BCUT2D eigenvalue weighted by molar-refractivity contribution is 6.46. The molecule has 1 amide bonds. The lowest BCUT2D eigenvalue weighted by molar-refractivity contribution is -0.140. The number of ether oxygens (including phenoxy) is 1. The van der Waals surface area contributed by atoms with Gasteiger partial charge in [0.05, 0.1) is 18.4 Å². The molecule has 1 aromatic carbocycles. The Morgan fingerprint density at radius 2 is 2.00 bits per heavy atom. The third kappa shape index (κ3) is 4.00. The number of aliphatic hydroxyl groups is 1. The summed E-state index contributed by atoms with van der Waals surface area (Å²) in [5.41, 5.74) is 1.82. The average molecular weight is 395 g/mol. The van der Waals surface area contributed by atoms with E-state index < -0.39 is 17.7 Å². The monoisotopic (exact) mass is 395 g/mol. The van der Waals surface area contributed by atoms with Crippen molar-refractivity contribution in [2.24, 2.45) is 0 Å². The van der Waals surface area contributed by atoms with Gasteiger partial charge in [0.2, 0.25) is 0 Å². The van der Waals surface area contributed by atoms with E-state index in [1.54, 1.807) is 49.7 Å². The molecule has 29 heavy (non-hydrogen) atoms. The number of carbonyl (C=O) groups excluding carboxylic acids is 2. The molecule has 1 aromatic heterocycles. The number of methoxy groups -OCH3 is 1. The van der Waals surface area contributed by atoms with Gasteiger partial charge in [0.15, 0.2) is 0 Å². The van der Waals surface area contributed by atoms with Crippen molar-refractivity contribution in [1.82, 2.24) is 14.8 Å². The van der Waals surface area contributed by atoms with Crippen molar-refractivity contribution < 1.29 is 19.4 Å². The maximum Gasteiger partial charge on any atom is 0.295 e. The minimum absolute atomic E-state index is 0.0562. The lowest BCUT2D eigenvalue weighted by Gasteiger charge is -2.25. The number of ketones is 1. The molecule has 1 atom stereocenters. The Hall–Kier alpha value is -3.19. The van der Waals surface area contributed by atoms with Gasteiger partial charge in [0, 0.05) is 24.8 Å². The number of carbonyl (C=O) groups is 2. The van der Waals surface area contributed by atoms with Crippen molar-refractivity contribution in [2.75, 3.05) is 34.3 Å². The maximum absolute atomic E-state index is 12.9. The minimum Gasteiger partial charge on any atom is -0.507 e. The zero-order valence-electron chi connectivity index (χ0n) is 17.0. The highest BCUT2D eigenvalue weighted by Gasteiger charge is 2.46. The molecule has 0 aliphatic carbocycles. The Morgan fingerprint density at radius 3 is 2.59 bits per heavy atom. The van der Waals surface area contributed by atoms with Gasteiger partial charge in [0.1, 0.15) is 17.6 Å². The van der Waals surface area contributed by atoms with Crippen molar-refractivity contribution >= 4 is 17.4 Å². The average Bonchev–Trinajstić information content (AvgIpc) is 2.97. The lowest BCUT2D eigenvalue weighted by Crippen LogP contribution is -2.35. The SMILES string of the molecule is COc1ccc(/C(O)=C2/C(=O)C(=O)N(CCN(C)C)C2c2ccccn2)c(C)c1. The van der Waals surface area contributed by atoms with Crippen molar-refractivity contribution in [3.63, 3.8) is 0 Å². The second-order valence-corrected chi connectivity index (χ2v) is 7.23. The lowest BCUT2D eigenvalue weighted by atomic mass is 9.96. The number of aromatic nitrogens is 1. The summed E-state index contributed by atoms with van der Waals surface area (Å²) in [6, 6.07) is 9.75. The standard InChI is InChI=1S/C22H25N3O4/c1-14-13-15(29-4)8-9-16(14)20(26)18-19(17-7-5-6-10-23-17)25(12-11-24(2)3)22(28)21(18)27/h5-10,13,19,26H,11-12H2,1-4H3/b20-18-. The molecule has 0 bridgehead atoms. The van der Waals surface area contributed by atoms with Gasteiger partial charge in [-0.15, -0.1) is 0 Å². The maximum atomic E-state index is 12.9. The van der Waals surface area contributed by atoms with Gasteiger partial charge in [-0.05, 0) is 56.9 Å². The zero-order valence-corrected chi connectivity index (χ0v) is 17.0. The van der Waals surface area contributed by atoms with E-state index >= 15 is 0 Å². The highest BCUT2D eigenvalue weighted by atomic mass is 16.5. The van der Waals surface area contributed by atoms with Gasteiger partial charge in [-0.25, -0.2) is 0 Å². The molecule has 2 aromatic rings. The summed E-state index contributed by atoms with van der Waals surface area (Å²) in [6.07, 6.45) is 1.61. The number of benzene rings is 1. The Labute approximate surface area is 170 Å². The molecule has 1 saturated heterocycles. The van der Waals surface area contributed by atoms with Crippen LogP contribution in [-0.4, -0.2) is 65.9 Å². The van der Waals surface area contributed by atoms with Gasteiger partial charge < -0.3 is 19.6 Å². The van der Waals surface area contributed by atoms with E-state index in [1.165, 1.54) is 4.90 Å². The van der Waals surface area contributed by atoms with Crippen LogP contribution in [-0.2, 0) is 9.59 Å². The number of pyridine rings is 1. The first-order valence-electron chi connectivity index (χ1n) is 9.34. The van der Waals surface area contributed by atoms with Gasteiger partial charge in [-0.1, -0.05) is 6.07 Å². The highest BCUT2D eigenvalue weighted by Crippen LogP contribution is 2.39. The Kier molecular flexibility index (Phi) is 5.98. The predicted molar refractivity (Wildman–Crippen MR) is 110 cm³/mol. The van der Waals surface area contributed by atoms with Crippen LogP contribution in [0, 0.1) is 6.92 Å². The molecule has 0 radical (unpaired) electrons. The first-order valence-corrected chi connectivity index (χ1v) is 9.34. The molecule has 1 unspecified atom stereocenters. The summed E-state index contributed by atoms with van der Waals surface area (Å²) in [6.45, 7) is 2.74. The van der Waals surface area contributed by atoms with Crippen LogP contribution in [0.15, 0.2) is 48.2 Å². The molecule has 3 rings (SSSR count). The van der Waals surface area contributed by atoms with E-state index in [0.717, 1.165) is 5.56 Å². The van der Waals surface area contributed by atoms with E-state index in [0.29, 0.717) is 30.1 Å². The van der Waals surface area contributed by atoms with Gasteiger partial charge in [-0.3, -0.25) is 14.6 Å². The van der Waals surface area contributed by atoms with Crippen LogP contribution in [0.5, 0.6) is 5.75 Å². The van der Waals surface area contributed by atoms with Crippen molar-refractivity contribution in [1.29, 1.82) is 0 Å². The van der Waals surface area contributed by atoms with Crippen LogP contribution in [0.2, 0.25) is 0 Å². The van der Waals surface area contributed by atoms with Gasteiger partial charge in [0.25, 0.3) is 11.7 Å². The quantitative estimate of drug-likeness (QED) is 0.459. The number of likely N-dealkylation sites (tertiary alicyclic amines) is 1. The first kappa shape index (κ1) is 20.5. The molecule has 0 saturated carbocycles. The second-order valence-electron chi connectivity index (χ2n) is 7.23. The fraction of sp³-hybridized carbons (Fsp3) is 0.318. The zero-order chi connectivity index (χ0) is 21.1. The molecule has 1 aliphatic heterocycles. The minimum atomic E-state index is -0.738. The molecule has 7 nitrogen and oxygen atoms in total. The number of hydrogen-bond acceptors (Lipinski definition) is 6. The number of Topliss-reactive ketones (excluding diaryl/α,β-unsaturated/α-hetero) is 1. The smallest absolute Gasteiger partial charge is 0.295 e. The number of hydrogen-bond donors (Lipinski definition) is 1. The molecular formula is C22H25N3O4. The van der Waals surface area contributed by atoms with Gasteiger partial charge in [-0.2, -0.15) is 0 Å². The van der Waals surface area contributed by atoms with E-state index in [-0.39, 0.29) is 11.3 Å². The third-order valence-electron chi connectivity index (χ3n) is 4.98. The number of aryl methyl sites for hydroxylation is 1. The molecule has 152 valence electrons. The summed E-state index contributed by atoms with van der Waals surface area (Å²) < 4.78 is 5.21. The molecule has 1 N–H and O–H groups in total. The summed E-state index contributed by atoms with van der Waals surface area (Å²) in [5.74, 6) is -0.888. The number of amides is 1. The summed E-state index contributed by atoms with van der Waals surface area (Å²) >= 11 is 0. The summed E-state index contributed by atoms with van der Waals surface area (Å²) in [5, 5.41) is 11.1. The van der Waals surface area contributed by atoms with Crippen molar-refractivity contribution in [3.05, 3.63) is 65.0 Å². The molecular weight excluding hydrogens is 370 g/mol. The van der Waals surface area contributed by atoms with E-state index in [2.05, 4.69) is 4.98 Å². The number of nitrogens with zero attached hydrogens (tertiary/aromatic N) is 3. The van der Waals surface area contributed by atoms with Crippen molar-refractivity contribution in [3.8, 4) is 5.75 Å². The van der Waals surface area contributed by atoms with E-state index in [1.807, 2.05) is 25.9 Å². The Morgan fingerprint density at radius 1 is 1.24 bits per heavy atom. The molecule has 7 heteroatoms. The molecule has 2 heterocycles. The fourth-order valence-electron chi connectivity index (χ4n) is 3.44. The van der Waals surface area contributed by atoms with E-state index in [4.69, 9.17) is 4.74 Å². The van der Waals surface area contributed by atoms with Crippen LogP contribution in [0.25, 0.3) is 5.76 Å². The first-order chi connectivity index (χ1) is 13.8. The van der Waals surface area contributed by atoms with Crippen LogP contribution >= 0.6 is 0 Å². The normalized spacial score (nSPS) is 18.5. The third-order valence-corrected chi connectivity index (χ3v) is 4.98. The van der Waals surface area contributed by atoms with Gasteiger partial charge >= 0.3 is 0 Å². The second kappa shape index (κ2) is 8.45. The predicted octanol–water partition coefficient (Wildman–Crippen LogP) is 2.38. The van der Waals surface area contributed by atoms with Crippen LogP contribution in [0.4, 0.5) is 0 Å². The Bertz CT molecular complexity index is 954. The fourth-order valence-corrected chi connectivity index (χ4v) is 3.44. The number of aliphatic hydroxyl groups excluding tert-OH is 1. The van der Waals surface area contributed by atoms with Crippen LogP contribution < -0.4 is 4.74 Å². The summed E-state index contributed by atoms with van der Waals surface area (Å²) in [4.78, 5) is 33.5. The topological polar surface area (TPSA) is 83.0 Å². The van der Waals surface area contributed by atoms with Crippen molar-refractivity contribution in [2.45, 2.75) is 13.0 Å². The van der Waals surface area contributed by atoms with Crippen LogP contribution in [0.3, 0.4) is 0 Å². The largest absolute Gasteiger partial charge is 0.507 e. The number of likely N-dealkylation sites (N-methyl/N-ethyl adjacent to an activating group) is 1. The Balaban J connectivity index is 2.15. The number of rotatable bonds is 6.